The minimum atomic E-state index is -0.816. The number of carbonyl (C=O) groups is 1. The van der Waals surface area contributed by atoms with E-state index in [1.54, 1.807) is 6.07 Å². The molecule has 1 aliphatic rings. The molecule has 2 heterocycles. The van der Waals surface area contributed by atoms with Crippen LogP contribution in [0, 0.1) is 5.92 Å². The van der Waals surface area contributed by atoms with E-state index in [4.69, 9.17) is 5.11 Å². The van der Waals surface area contributed by atoms with Crippen molar-refractivity contribution in [2.75, 3.05) is 13.1 Å². The standard InChI is InChI=1S/C12H17NO2S/c1-9-2-4-13(5-3-9)7-10-6-11(12(14)15)16-8-10/h6,8-9H,2-5,7H2,1H3,(H,14,15). The van der Waals surface area contributed by atoms with E-state index in [0.29, 0.717) is 4.88 Å². The molecular formula is C12H17NO2S. The van der Waals surface area contributed by atoms with Crippen LogP contribution in [0.3, 0.4) is 0 Å². The van der Waals surface area contributed by atoms with Crippen LogP contribution in [0.5, 0.6) is 0 Å². The Kier molecular flexibility index (Phi) is 3.61. The van der Waals surface area contributed by atoms with Crippen LogP contribution in [0.2, 0.25) is 0 Å². The third-order valence-electron chi connectivity index (χ3n) is 3.15. The first-order valence-electron chi connectivity index (χ1n) is 5.68. The van der Waals surface area contributed by atoms with E-state index in [1.165, 1.54) is 24.2 Å². The van der Waals surface area contributed by atoms with E-state index >= 15 is 0 Å². The van der Waals surface area contributed by atoms with Crippen LogP contribution in [0.4, 0.5) is 0 Å². The molecular weight excluding hydrogens is 222 g/mol. The summed E-state index contributed by atoms with van der Waals surface area (Å²) in [5, 5.41) is 10.8. The van der Waals surface area contributed by atoms with E-state index in [9.17, 15) is 4.79 Å². The second-order valence-corrected chi connectivity index (χ2v) is 5.49. The van der Waals surface area contributed by atoms with E-state index in [1.807, 2.05) is 5.38 Å². The van der Waals surface area contributed by atoms with Crippen LogP contribution in [-0.4, -0.2) is 29.1 Å². The smallest absolute Gasteiger partial charge is 0.345 e. The quantitative estimate of drug-likeness (QED) is 0.881. The third kappa shape index (κ3) is 2.83. The van der Waals surface area contributed by atoms with Crippen molar-refractivity contribution in [1.29, 1.82) is 0 Å². The minimum absolute atomic E-state index is 0.445. The average Bonchev–Trinajstić information content (AvgIpc) is 2.70. The summed E-state index contributed by atoms with van der Waals surface area (Å²) in [6.07, 6.45) is 2.52. The fraction of sp³-hybridized carbons (Fsp3) is 0.583. The van der Waals surface area contributed by atoms with Crippen molar-refractivity contribution in [3.63, 3.8) is 0 Å². The molecule has 0 aromatic carbocycles. The SMILES string of the molecule is CC1CCN(Cc2csc(C(=O)O)c2)CC1. The lowest BCUT2D eigenvalue weighted by molar-refractivity contribution is 0.0702. The van der Waals surface area contributed by atoms with Gasteiger partial charge in [-0.15, -0.1) is 11.3 Å². The molecule has 0 atom stereocenters. The Morgan fingerprint density at radius 1 is 1.56 bits per heavy atom. The van der Waals surface area contributed by atoms with Crippen molar-refractivity contribution in [2.45, 2.75) is 26.3 Å². The normalized spacial score (nSPS) is 18.8. The molecule has 0 amide bonds. The highest BCUT2D eigenvalue weighted by Gasteiger charge is 2.16. The molecule has 1 aromatic rings. The van der Waals surface area contributed by atoms with Gasteiger partial charge in [0.1, 0.15) is 4.88 Å². The first kappa shape index (κ1) is 11.6. The highest BCUT2D eigenvalue weighted by Crippen LogP contribution is 2.20. The molecule has 0 spiro atoms. The van der Waals surface area contributed by atoms with Gasteiger partial charge >= 0.3 is 5.97 Å². The lowest BCUT2D eigenvalue weighted by Crippen LogP contribution is -2.32. The molecule has 16 heavy (non-hydrogen) atoms. The molecule has 1 saturated heterocycles. The minimum Gasteiger partial charge on any atom is -0.477 e. The van der Waals surface area contributed by atoms with Gasteiger partial charge in [-0.1, -0.05) is 6.92 Å². The fourth-order valence-corrected chi connectivity index (χ4v) is 2.79. The first-order chi connectivity index (χ1) is 7.65. The highest BCUT2D eigenvalue weighted by atomic mass is 32.1. The predicted octanol–water partition coefficient (Wildman–Crippen LogP) is 2.68. The summed E-state index contributed by atoms with van der Waals surface area (Å²) in [7, 11) is 0. The maximum Gasteiger partial charge on any atom is 0.345 e. The van der Waals surface area contributed by atoms with Gasteiger partial charge in [-0.3, -0.25) is 4.90 Å². The van der Waals surface area contributed by atoms with Gasteiger partial charge in [-0.25, -0.2) is 4.79 Å². The second kappa shape index (κ2) is 4.97. The largest absolute Gasteiger partial charge is 0.477 e. The summed E-state index contributed by atoms with van der Waals surface area (Å²) < 4.78 is 0. The Balaban J connectivity index is 1.91. The molecule has 88 valence electrons. The van der Waals surface area contributed by atoms with Crippen LogP contribution in [-0.2, 0) is 6.54 Å². The second-order valence-electron chi connectivity index (χ2n) is 4.58. The van der Waals surface area contributed by atoms with Gasteiger partial charge < -0.3 is 5.11 Å². The molecule has 0 unspecified atom stereocenters. The van der Waals surface area contributed by atoms with Crippen LogP contribution >= 0.6 is 11.3 Å². The summed E-state index contributed by atoms with van der Waals surface area (Å²) in [5.41, 5.74) is 1.14. The summed E-state index contributed by atoms with van der Waals surface area (Å²) in [5.74, 6) is 0.0248. The summed E-state index contributed by atoms with van der Waals surface area (Å²) in [6.45, 7) is 5.47. The van der Waals surface area contributed by atoms with Crippen LogP contribution in [0.15, 0.2) is 11.4 Å². The number of nitrogens with zero attached hydrogens (tertiary/aromatic N) is 1. The molecule has 1 N–H and O–H groups in total. The monoisotopic (exact) mass is 239 g/mol. The van der Waals surface area contributed by atoms with Gasteiger partial charge in [0.05, 0.1) is 0 Å². The number of hydrogen-bond donors (Lipinski definition) is 1. The number of hydrogen-bond acceptors (Lipinski definition) is 3. The number of aromatic carboxylic acids is 1. The lowest BCUT2D eigenvalue weighted by atomic mass is 9.99. The molecule has 4 heteroatoms. The van der Waals surface area contributed by atoms with E-state index in [-0.39, 0.29) is 0 Å². The van der Waals surface area contributed by atoms with Gasteiger partial charge in [0.15, 0.2) is 0 Å². The molecule has 0 saturated carbocycles. The topological polar surface area (TPSA) is 40.5 Å². The van der Waals surface area contributed by atoms with Crippen molar-refractivity contribution < 1.29 is 9.90 Å². The Morgan fingerprint density at radius 3 is 2.81 bits per heavy atom. The number of likely N-dealkylation sites (tertiary alicyclic amines) is 1. The Labute approximate surface area is 99.7 Å². The molecule has 0 radical (unpaired) electrons. The van der Waals surface area contributed by atoms with Crippen molar-refractivity contribution in [2.24, 2.45) is 5.92 Å². The molecule has 0 aliphatic carbocycles. The van der Waals surface area contributed by atoms with Crippen LogP contribution in [0.1, 0.15) is 35.0 Å². The molecule has 1 aliphatic heterocycles. The molecule has 2 rings (SSSR count). The number of carboxylic acids is 1. The molecule has 1 aromatic heterocycles. The fourth-order valence-electron chi connectivity index (χ4n) is 2.05. The zero-order chi connectivity index (χ0) is 11.5. The summed E-state index contributed by atoms with van der Waals surface area (Å²) in [4.78, 5) is 13.6. The Bertz CT molecular complexity index is 367. The van der Waals surface area contributed by atoms with Crippen LogP contribution in [0.25, 0.3) is 0 Å². The Hall–Kier alpha value is -0.870. The van der Waals surface area contributed by atoms with Gasteiger partial charge in [0, 0.05) is 6.54 Å². The number of piperidine rings is 1. The van der Waals surface area contributed by atoms with E-state index in [2.05, 4.69) is 11.8 Å². The maximum absolute atomic E-state index is 10.7. The predicted molar refractivity (Wildman–Crippen MR) is 65.0 cm³/mol. The van der Waals surface area contributed by atoms with Crippen molar-refractivity contribution >= 4 is 17.3 Å². The third-order valence-corrected chi connectivity index (χ3v) is 4.11. The number of carboxylic acid groups (broad SMARTS) is 1. The molecule has 1 fully saturated rings. The van der Waals surface area contributed by atoms with E-state index < -0.39 is 5.97 Å². The number of rotatable bonds is 3. The maximum atomic E-state index is 10.7. The first-order valence-corrected chi connectivity index (χ1v) is 6.56. The summed E-state index contributed by atoms with van der Waals surface area (Å²) in [6, 6.07) is 1.80. The van der Waals surface area contributed by atoms with Gasteiger partial charge in [-0.05, 0) is 48.9 Å². The van der Waals surface area contributed by atoms with Crippen molar-refractivity contribution in [3.8, 4) is 0 Å². The van der Waals surface area contributed by atoms with Gasteiger partial charge in [-0.2, -0.15) is 0 Å². The average molecular weight is 239 g/mol. The van der Waals surface area contributed by atoms with Gasteiger partial charge in [0.2, 0.25) is 0 Å². The van der Waals surface area contributed by atoms with Gasteiger partial charge in [0.25, 0.3) is 0 Å². The lowest BCUT2D eigenvalue weighted by Gasteiger charge is -2.29. The van der Waals surface area contributed by atoms with Crippen molar-refractivity contribution in [1.82, 2.24) is 4.90 Å². The summed E-state index contributed by atoms with van der Waals surface area (Å²) >= 11 is 1.32. The molecule has 0 bridgehead atoms. The zero-order valence-electron chi connectivity index (χ0n) is 9.48. The Morgan fingerprint density at radius 2 is 2.25 bits per heavy atom. The zero-order valence-corrected chi connectivity index (χ0v) is 10.3. The number of thiophene rings is 1. The van der Waals surface area contributed by atoms with Crippen LogP contribution < -0.4 is 0 Å². The highest BCUT2D eigenvalue weighted by molar-refractivity contribution is 7.12. The molecule has 3 nitrogen and oxygen atoms in total. The van der Waals surface area contributed by atoms with Crippen molar-refractivity contribution in [3.05, 3.63) is 21.9 Å². The van der Waals surface area contributed by atoms with E-state index in [0.717, 1.165) is 31.1 Å².